The quantitative estimate of drug-likeness (QED) is 0.446. The van der Waals surface area contributed by atoms with Crippen LogP contribution in [0.25, 0.3) is 0 Å². The van der Waals surface area contributed by atoms with E-state index in [-0.39, 0.29) is 41.5 Å². The lowest BCUT2D eigenvalue weighted by Gasteiger charge is -2.35. The van der Waals surface area contributed by atoms with Gasteiger partial charge in [0.2, 0.25) is 5.91 Å². The number of carbonyl (C=O) groups excluding carboxylic acids is 1. The zero-order valence-electron chi connectivity index (χ0n) is 23.3. The van der Waals surface area contributed by atoms with Gasteiger partial charge in [-0.2, -0.15) is 0 Å². The molecule has 2 aromatic carbocycles. The zero-order chi connectivity index (χ0) is 28.3. The maximum Gasteiger partial charge on any atom is 0.238 e. The normalized spacial score (nSPS) is 21.4. The topological polar surface area (TPSA) is 98.7 Å². The van der Waals surface area contributed by atoms with Crippen molar-refractivity contribution in [2.24, 2.45) is 5.92 Å². The van der Waals surface area contributed by atoms with Crippen LogP contribution < -0.4 is 10.6 Å². The van der Waals surface area contributed by atoms with Gasteiger partial charge in [0.1, 0.15) is 5.82 Å². The number of hydrogen-bond donors (Lipinski definition) is 3. The van der Waals surface area contributed by atoms with Gasteiger partial charge in [0.25, 0.3) is 0 Å². The number of nitrogens with zero attached hydrogens (tertiary/aromatic N) is 1. The predicted molar refractivity (Wildman–Crippen MR) is 151 cm³/mol. The van der Waals surface area contributed by atoms with Crippen molar-refractivity contribution >= 4 is 21.4 Å². The standard InChI is InChI=1S/C29H42FN3O4S/c1-7-21-11-20(14-24(30)27(21)32-26(34)16-33(5)6)12-22-17-38(36,37)18-25(28(22)35)31-15-19-9-8-10-23(13-19)29(2,3)4/h8-11,13-14,22,25,28,31,35H,7,12,15-18H2,1-6H3,(H,32,34)/t22-,25+,28+/m1/s1. The van der Waals surface area contributed by atoms with Gasteiger partial charge in [-0.15, -0.1) is 0 Å². The number of amides is 1. The Balaban J connectivity index is 1.76. The Kier molecular flexibility index (Phi) is 9.73. The van der Waals surface area contributed by atoms with E-state index in [1.54, 1.807) is 25.1 Å². The Labute approximate surface area is 226 Å². The van der Waals surface area contributed by atoms with Crippen molar-refractivity contribution in [3.05, 3.63) is 64.5 Å². The van der Waals surface area contributed by atoms with E-state index in [4.69, 9.17) is 0 Å². The summed E-state index contributed by atoms with van der Waals surface area (Å²) < 4.78 is 40.6. The Morgan fingerprint density at radius 3 is 2.47 bits per heavy atom. The highest BCUT2D eigenvalue weighted by Crippen LogP contribution is 2.29. The summed E-state index contributed by atoms with van der Waals surface area (Å²) in [6.45, 7) is 8.85. The molecular formula is C29H42FN3O4S. The molecular weight excluding hydrogens is 505 g/mol. The van der Waals surface area contributed by atoms with Crippen LogP contribution in [-0.4, -0.2) is 68.6 Å². The maximum atomic E-state index is 15.1. The van der Waals surface area contributed by atoms with E-state index in [2.05, 4.69) is 43.5 Å². The highest BCUT2D eigenvalue weighted by molar-refractivity contribution is 7.91. The van der Waals surface area contributed by atoms with E-state index in [1.807, 2.05) is 19.1 Å². The summed E-state index contributed by atoms with van der Waals surface area (Å²) >= 11 is 0. The first-order chi connectivity index (χ1) is 17.7. The van der Waals surface area contributed by atoms with E-state index in [0.29, 0.717) is 24.1 Å². The van der Waals surface area contributed by atoms with Crippen LogP contribution in [-0.2, 0) is 39.4 Å². The number of carbonyl (C=O) groups is 1. The first-order valence-corrected chi connectivity index (χ1v) is 15.0. The van der Waals surface area contributed by atoms with Gasteiger partial charge in [0.15, 0.2) is 9.84 Å². The van der Waals surface area contributed by atoms with Gasteiger partial charge in [-0.1, -0.05) is 58.0 Å². The van der Waals surface area contributed by atoms with Crippen molar-refractivity contribution in [1.82, 2.24) is 10.2 Å². The largest absolute Gasteiger partial charge is 0.391 e. The van der Waals surface area contributed by atoms with Crippen molar-refractivity contribution in [3.8, 4) is 0 Å². The molecule has 1 heterocycles. The molecule has 2 aromatic rings. The summed E-state index contributed by atoms with van der Waals surface area (Å²) in [6, 6.07) is 10.6. The Morgan fingerprint density at radius 2 is 1.84 bits per heavy atom. The summed E-state index contributed by atoms with van der Waals surface area (Å²) in [4.78, 5) is 13.9. The fourth-order valence-electron chi connectivity index (χ4n) is 4.98. The monoisotopic (exact) mass is 547 g/mol. The minimum atomic E-state index is -3.41. The van der Waals surface area contributed by atoms with Gasteiger partial charge >= 0.3 is 0 Å². The molecule has 9 heteroatoms. The molecule has 1 amide bonds. The zero-order valence-corrected chi connectivity index (χ0v) is 24.2. The van der Waals surface area contributed by atoms with Gasteiger partial charge in [0.05, 0.1) is 29.8 Å². The third-order valence-electron chi connectivity index (χ3n) is 6.99. The van der Waals surface area contributed by atoms with E-state index in [1.165, 1.54) is 11.6 Å². The van der Waals surface area contributed by atoms with Gasteiger partial charge in [-0.3, -0.25) is 4.79 Å². The minimum absolute atomic E-state index is 0.00782. The van der Waals surface area contributed by atoms with Crippen LogP contribution in [0, 0.1) is 11.7 Å². The second-order valence-corrected chi connectivity index (χ2v) is 13.9. The van der Waals surface area contributed by atoms with Crippen LogP contribution in [0.4, 0.5) is 10.1 Å². The lowest BCUT2D eigenvalue weighted by atomic mass is 9.86. The van der Waals surface area contributed by atoms with Crippen LogP contribution in [0.2, 0.25) is 0 Å². The minimum Gasteiger partial charge on any atom is -0.391 e. The number of hydrogen-bond acceptors (Lipinski definition) is 6. The number of aliphatic hydroxyl groups excluding tert-OH is 1. The van der Waals surface area contributed by atoms with Crippen molar-refractivity contribution in [1.29, 1.82) is 0 Å². The number of anilines is 1. The number of aryl methyl sites for hydroxylation is 1. The average molecular weight is 548 g/mol. The molecule has 0 saturated carbocycles. The molecule has 0 aliphatic carbocycles. The molecule has 7 nitrogen and oxygen atoms in total. The van der Waals surface area contributed by atoms with Gasteiger partial charge < -0.3 is 20.6 Å². The van der Waals surface area contributed by atoms with Crippen LogP contribution in [0.15, 0.2) is 36.4 Å². The maximum absolute atomic E-state index is 15.1. The van der Waals surface area contributed by atoms with E-state index in [0.717, 1.165) is 5.56 Å². The second-order valence-electron chi connectivity index (χ2n) is 11.7. The number of aliphatic hydroxyl groups is 1. The van der Waals surface area contributed by atoms with Gasteiger partial charge in [0, 0.05) is 18.5 Å². The van der Waals surface area contributed by atoms with Gasteiger partial charge in [-0.05, 0) is 60.7 Å². The summed E-state index contributed by atoms with van der Waals surface area (Å²) in [7, 11) is 0.107. The smallest absolute Gasteiger partial charge is 0.238 e. The molecule has 38 heavy (non-hydrogen) atoms. The molecule has 0 bridgehead atoms. The molecule has 1 aliphatic rings. The molecule has 210 valence electrons. The second kappa shape index (κ2) is 12.2. The number of halogens is 1. The summed E-state index contributed by atoms with van der Waals surface area (Å²) in [5, 5.41) is 17.1. The van der Waals surface area contributed by atoms with Crippen LogP contribution in [0.5, 0.6) is 0 Å². The molecule has 0 unspecified atom stereocenters. The number of rotatable bonds is 9. The highest BCUT2D eigenvalue weighted by atomic mass is 32.2. The molecule has 1 fully saturated rings. The van der Waals surface area contributed by atoms with Crippen molar-refractivity contribution in [3.63, 3.8) is 0 Å². The van der Waals surface area contributed by atoms with E-state index >= 15 is 4.39 Å². The summed E-state index contributed by atoms with van der Waals surface area (Å²) in [5.41, 5.74) is 3.58. The average Bonchev–Trinajstić information content (AvgIpc) is 2.80. The molecule has 0 spiro atoms. The molecule has 0 aromatic heterocycles. The van der Waals surface area contributed by atoms with E-state index in [9.17, 15) is 18.3 Å². The molecule has 3 atom stereocenters. The van der Waals surface area contributed by atoms with Crippen LogP contribution in [0.3, 0.4) is 0 Å². The number of nitrogens with one attached hydrogen (secondary N) is 2. The van der Waals surface area contributed by atoms with Crippen molar-refractivity contribution < 1.29 is 22.7 Å². The molecule has 0 radical (unpaired) electrons. The number of benzene rings is 2. The molecule has 3 N–H and O–H groups in total. The summed E-state index contributed by atoms with van der Waals surface area (Å²) in [5.74, 6) is -1.75. The molecule has 1 saturated heterocycles. The molecule has 1 aliphatic heterocycles. The fourth-order valence-corrected chi connectivity index (χ4v) is 6.95. The lowest BCUT2D eigenvalue weighted by Crippen LogP contribution is -2.54. The fraction of sp³-hybridized carbons (Fsp3) is 0.552. The van der Waals surface area contributed by atoms with Crippen molar-refractivity contribution in [2.75, 3.05) is 37.5 Å². The van der Waals surface area contributed by atoms with Crippen LogP contribution in [0.1, 0.15) is 49.9 Å². The first-order valence-electron chi connectivity index (χ1n) is 13.2. The van der Waals surface area contributed by atoms with Crippen LogP contribution >= 0.6 is 0 Å². The summed E-state index contributed by atoms with van der Waals surface area (Å²) in [6.07, 6.45) is -0.198. The Morgan fingerprint density at radius 1 is 1.13 bits per heavy atom. The third-order valence-corrected chi connectivity index (χ3v) is 8.80. The van der Waals surface area contributed by atoms with Crippen molar-refractivity contribution in [2.45, 2.75) is 64.6 Å². The van der Waals surface area contributed by atoms with E-state index < -0.39 is 33.7 Å². The Hall–Kier alpha value is -2.33. The molecule has 3 rings (SSSR count). The lowest BCUT2D eigenvalue weighted by molar-refractivity contribution is -0.116. The Bertz CT molecular complexity index is 1240. The predicted octanol–water partition coefficient (Wildman–Crippen LogP) is 3.29. The number of likely N-dealkylation sites (N-methyl/N-ethyl adjacent to an activating group) is 1. The number of sulfone groups is 1. The highest BCUT2D eigenvalue weighted by Gasteiger charge is 2.39. The third kappa shape index (κ3) is 8.09. The SMILES string of the molecule is CCc1cc(C[C@@H]2CS(=O)(=O)C[C@H](NCc3cccc(C(C)(C)C)c3)[C@H]2O)cc(F)c1NC(=O)CN(C)C. The van der Waals surface area contributed by atoms with Gasteiger partial charge in [-0.25, -0.2) is 12.8 Å². The first kappa shape index (κ1) is 30.2.